The molecule has 0 aromatic heterocycles. The van der Waals surface area contributed by atoms with Crippen LogP contribution in [-0.2, 0) is 9.53 Å². The number of rotatable bonds is 7. The third-order valence-corrected chi connectivity index (χ3v) is 3.01. The van der Waals surface area contributed by atoms with Crippen LogP contribution in [0.1, 0.15) is 25.3 Å². The van der Waals surface area contributed by atoms with E-state index in [1.165, 1.54) is 0 Å². The van der Waals surface area contributed by atoms with Gasteiger partial charge in [0.25, 0.3) is 0 Å². The smallest absolute Gasteiger partial charge is 0.226 e. The normalized spacial score (nSPS) is 10.2. The van der Waals surface area contributed by atoms with E-state index in [1.54, 1.807) is 11.9 Å². The molecule has 2 N–H and O–H groups in total. The highest BCUT2D eigenvalue weighted by atomic mass is 32.1. The zero-order valence-corrected chi connectivity index (χ0v) is 12.2. The van der Waals surface area contributed by atoms with Gasteiger partial charge in [-0.1, -0.05) is 24.4 Å². The molecular weight excluding hydrogens is 260 g/mol. The summed E-state index contributed by atoms with van der Waals surface area (Å²) in [5.74, 6) is 0.0554. The van der Waals surface area contributed by atoms with Crippen molar-refractivity contribution < 1.29 is 9.53 Å². The van der Waals surface area contributed by atoms with Crippen LogP contribution in [0.25, 0.3) is 0 Å². The Hall–Kier alpha value is -1.46. The fourth-order valence-electron chi connectivity index (χ4n) is 1.65. The van der Waals surface area contributed by atoms with E-state index in [1.807, 2.05) is 31.2 Å². The molecule has 1 aromatic rings. The lowest BCUT2D eigenvalue weighted by Crippen LogP contribution is -2.26. The van der Waals surface area contributed by atoms with Gasteiger partial charge in [-0.25, -0.2) is 0 Å². The molecule has 0 heterocycles. The summed E-state index contributed by atoms with van der Waals surface area (Å²) in [6, 6.07) is 7.36. The van der Waals surface area contributed by atoms with Crippen LogP contribution in [0.3, 0.4) is 0 Å². The molecule has 0 unspecified atom stereocenters. The number of ether oxygens (including phenoxy) is 1. The van der Waals surface area contributed by atoms with Crippen LogP contribution in [0.15, 0.2) is 24.3 Å². The maximum Gasteiger partial charge on any atom is 0.226 e. The van der Waals surface area contributed by atoms with Crippen molar-refractivity contribution in [1.29, 1.82) is 0 Å². The van der Waals surface area contributed by atoms with E-state index in [-0.39, 0.29) is 5.91 Å². The summed E-state index contributed by atoms with van der Waals surface area (Å²) in [6.45, 7) is 3.23. The summed E-state index contributed by atoms with van der Waals surface area (Å²) in [4.78, 5) is 13.9. The van der Waals surface area contributed by atoms with Crippen molar-refractivity contribution in [3.05, 3.63) is 29.8 Å². The number of nitrogens with two attached hydrogens (primary N) is 1. The van der Waals surface area contributed by atoms with Gasteiger partial charge < -0.3 is 15.4 Å². The van der Waals surface area contributed by atoms with Crippen LogP contribution >= 0.6 is 12.2 Å². The molecule has 0 bridgehead atoms. The first kappa shape index (κ1) is 15.6. The number of amides is 1. The molecule has 0 spiro atoms. The number of anilines is 1. The van der Waals surface area contributed by atoms with Gasteiger partial charge in [-0.15, -0.1) is 0 Å². The first-order valence-corrected chi connectivity index (χ1v) is 6.71. The molecule has 19 heavy (non-hydrogen) atoms. The van der Waals surface area contributed by atoms with Crippen LogP contribution < -0.4 is 10.6 Å². The lowest BCUT2D eigenvalue weighted by molar-refractivity contribution is -0.118. The Labute approximate surface area is 119 Å². The van der Waals surface area contributed by atoms with Crippen molar-refractivity contribution in [2.75, 3.05) is 25.2 Å². The highest BCUT2D eigenvalue weighted by Gasteiger charge is 2.11. The number of hydrogen-bond donors (Lipinski definition) is 1. The molecule has 1 amide bonds. The first-order chi connectivity index (χ1) is 9.06. The van der Waals surface area contributed by atoms with Crippen molar-refractivity contribution >= 4 is 28.8 Å². The zero-order chi connectivity index (χ0) is 14.3. The molecule has 0 fully saturated rings. The molecule has 0 saturated carbocycles. The Balaban J connectivity index is 2.61. The predicted molar refractivity (Wildman–Crippen MR) is 81.5 cm³/mol. The van der Waals surface area contributed by atoms with Crippen molar-refractivity contribution in [2.24, 2.45) is 5.73 Å². The third-order valence-electron chi connectivity index (χ3n) is 2.78. The van der Waals surface area contributed by atoms with Gasteiger partial charge in [0.15, 0.2) is 0 Å². The Morgan fingerprint density at radius 3 is 2.84 bits per heavy atom. The predicted octanol–water partition coefficient (Wildman–Crippen LogP) is 2.10. The minimum atomic E-state index is 0.0554. The summed E-state index contributed by atoms with van der Waals surface area (Å²) in [7, 11) is 1.75. The monoisotopic (exact) mass is 280 g/mol. The fraction of sp³-hybridized carbons (Fsp3) is 0.429. The number of hydrogen-bond acceptors (Lipinski definition) is 3. The van der Waals surface area contributed by atoms with E-state index in [0.29, 0.717) is 24.6 Å². The van der Waals surface area contributed by atoms with E-state index in [0.717, 1.165) is 17.7 Å². The molecule has 0 saturated heterocycles. The average molecular weight is 280 g/mol. The van der Waals surface area contributed by atoms with Gasteiger partial charge in [0.05, 0.1) is 0 Å². The van der Waals surface area contributed by atoms with E-state index in [9.17, 15) is 4.79 Å². The molecule has 1 rings (SSSR count). The van der Waals surface area contributed by atoms with Crippen molar-refractivity contribution in [3.8, 4) is 0 Å². The molecule has 1 aromatic carbocycles. The molecule has 0 aliphatic heterocycles. The van der Waals surface area contributed by atoms with Gasteiger partial charge in [-0.05, 0) is 25.5 Å². The van der Waals surface area contributed by atoms with E-state index in [2.05, 4.69) is 0 Å². The minimum absolute atomic E-state index is 0.0554. The maximum absolute atomic E-state index is 12.0. The minimum Gasteiger partial charge on any atom is -0.389 e. The summed E-state index contributed by atoms with van der Waals surface area (Å²) < 4.78 is 5.22. The van der Waals surface area contributed by atoms with Crippen LogP contribution in [0.4, 0.5) is 5.69 Å². The molecule has 0 radical (unpaired) electrons. The van der Waals surface area contributed by atoms with Crippen LogP contribution in [0.5, 0.6) is 0 Å². The molecule has 4 nitrogen and oxygen atoms in total. The second-order valence-corrected chi connectivity index (χ2v) is 4.61. The van der Waals surface area contributed by atoms with Crippen molar-refractivity contribution in [3.63, 3.8) is 0 Å². The quantitative estimate of drug-likeness (QED) is 0.614. The number of carbonyl (C=O) groups is 1. The highest BCUT2D eigenvalue weighted by molar-refractivity contribution is 7.80. The Kier molecular flexibility index (Phi) is 6.45. The van der Waals surface area contributed by atoms with Crippen LogP contribution in [-0.4, -0.2) is 31.2 Å². The summed E-state index contributed by atoms with van der Waals surface area (Å²) in [5.41, 5.74) is 7.15. The maximum atomic E-state index is 12.0. The van der Waals surface area contributed by atoms with E-state index in [4.69, 9.17) is 22.7 Å². The lowest BCUT2D eigenvalue weighted by atomic mass is 10.2. The van der Waals surface area contributed by atoms with Gasteiger partial charge >= 0.3 is 0 Å². The zero-order valence-electron chi connectivity index (χ0n) is 11.4. The summed E-state index contributed by atoms with van der Waals surface area (Å²) >= 11 is 4.93. The second-order valence-electron chi connectivity index (χ2n) is 4.17. The second kappa shape index (κ2) is 7.86. The van der Waals surface area contributed by atoms with Gasteiger partial charge in [-0.3, -0.25) is 4.79 Å². The molecule has 104 valence electrons. The SMILES string of the molecule is CCOCCCC(=O)N(C)c1cccc(C(N)=S)c1. The van der Waals surface area contributed by atoms with Crippen LogP contribution in [0.2, 0.25) is 0 Å². The van der Waals surface area contributed by atoms with Gasteiger partial charge in [0.2, 0.25) is 5.91 Å². The lowest BCUT2D eigenvalue weighted by Gasteiger charge is -2.18. The largest absolute Gasteiger partial charge is 0.389 e. The molecule has 0 aliphatic rings. The van der Waals surface area contributed by atoms with Gasteiger partial charge in [0.1, 0.15) is 4.99 Å². The highest BCUT2D eigenvalue weighted by Crippen LogP contribution is 2.16. The Bertz CT molecular complexity index is 449. The van der Waals surface area contributed by atoms with Gasteiger partial charge in [-0.2, -0.15) is 0 Å². The number of nitrogens with zero attached hydrogens (tertiary/aromatic N) is 1. The van der Waals surface area contributed by atoms with Crippen molar-refractivity contribution in [1.82, 2.24) is 0 Å². The number of benzene rings is 1. The van der Waals surface area contributed by atoms with E-state index >= 15 is 0 Å². The first-order valence-electron chi connectivity index (χ1n) is 6.30. The summed E-state index contributed by atoms with van der Waals surface area (Å²) in [6.07, 6.45) is 1.19. The topological polar surface area (TPSA) is 55.6 Å². The van der Waals surface area contributed by atoms with Crippen molar-refractivity contribution in [2.45, 2.75) is 19.8 Å². The average Bonchev–Trinajstić information content (AvgIpc) is 2.42. The summed E-state index contributed by atoms with van der Waals surface area (Å²) in [5, 5.41) is 0. The fourth-order valence-corrected chi connectivity index (χ4v) is 1.78. The Morgan fingerprint density at radius 1 is 1.47 bits per heavy atom. The van der Waals surface area contributed by atoms with Crippen LogP contribution in [0, 0.1) is 0 Å². The molecular formula is C14H20N2O2S. The standard InChI is InChI=1S/C14H20N2O2S/c1-3-18-9-5-8-13(17)16(2)12-7-4-6-11(10-12)14(15)19/h4,6-7,10H,3,5,8-9H2,1-2H3,(H2,15,19). The molecule has 5 heteroatoms. The van der Waals surface area contributed by atoms with Gasteiger partial charge in [0, 0.05) is 37.9 Å². The third kappa shape index (κ3) is 4.96. The number of thiocarbonyl (C=S) groups is 1. The number of carbonyl (C=O) groups excluding carboxylic acids is 1. The molecule has 0 atom stereocenters. The Morgan fingerprint density at radius 2 is 2.21 bits per heavy atom. The van der Waals surface area contributed by atoms with E-state index < -0.39 is 0 Å². The molecule has 0 aliphatic carbocycles.